The van der Waals surface area contributed by atoms with Crippen molar-refractivity contribution >= 4 is 16.7 Å². The van der Waals surface area contributed by atoms with Gasteiger partial charge >= 0.3 is 0 Å². The van der Waals surface area contributed by atoms with Crippen LogP contribution in [0.3, 0.4) is 0 Å². The molecule has 3 heterocycles. The maximum absolute atomic E-state index is 13.3. The quantitative estimate of drug-likeness (QED) is 0.678. The molecule has 1 atom stereocenters. The van der Waals surface area contributed by atoms with Crippen molar-refractivity contribution in [3.63, 3.8) is 0 Å². The first-order valence-electron chi connectivity index (χ1n) is 10.1. The van der Waals surface area contributed by atoms with Crippen molar-refractivity contribution in [2.24, 2.45) is 11.3 Å². The molecule has 144 valence electrons. The summed E-state index contributed by atoms with van der Waals surface area (Å²) < 4.78 is 2.27. The van der Waals surface area contributed by atoms with E-state index in [0.29, 0.717) is 6.42 Å². The summed E-state index contributed by atoms with van der Waals surface area (Å²) >= 11 is 0. The Morgan fingerprint density at radius 1 is 1.21 bits per heavy atom. The SMILES string of the molecule is CC1(C)CN(C(=O)Cc2cccc3cnccc23)C1c1nccn1CC1CC1. The summed E-state index contributed by atoms with van der Waals surface area (Å²) in [5.41, 5.74) is 1.11. The summed E-state index contributed by atoms with van der Waals surface area (Å²) in [5, 5.41) is 2.19. The number of pyridine rings is 1. The van der Waals surface area contributed by atoms with Gasteiger partial charge in [0.2, 0.25) is 5.91 Å². The zero-order valence-corrected chi connectivity index (χ0v) is 16.5. The van der Waals surface area contributed by atoms with Crippen LogP contribution >= 0.6 is 0 Å². The first kappa shape index (κ1) is 17.4. The minimum Gasteiger partial charge on any atom is -0.333 e. The lowest BCUT2D eigenvalue weighted by molar-refractivity contribution is -0.152. The van der Waals surface area contributed by atoms with E-state index < -0.39 is 0 Å². The highest BCUT2D eigenvalue weighted by Crippen LogP contribution is 2.48. The number of hydrogen-bond acceptors (Lipinski definition) is 3. The summed E-state index contributed by atoms with van der Waals surface area (Å²) in [4.78, 5) is 24.1. The highest BCUT2D eigenvalue weighted by Gasteiger charge is 2.50. The number of rotatable bonds is 5. The van der Waals surface area contributed by atoms with Gasteiger partial charge in [-0.05, 0) is 35.8 Å². The molecule has 1 amide bonds. The number of imidazole rings is 1. The molecule has 1 aromatic carbocycles. The second kappa shape index (κ2) is 6.43. The molecular weight excluding hydrogens is 348 g/mol. The van der Waals surface area contributed by atoms with Crippen LogP contribution in [0.1, 0.15) is 44.1 Å². The Labute approximate surface area is 165 Å². The first-order chi connectivity index (χ1) is 13.5. The number of fused-ring (bicyclic) bond motifs is 1. The zero-order chi connectivity index (χ0) is 19.3. The second-order valence-electron chi connectivity index (χ2n) is 8.98. The van der Waals surface area contributed by atoms with Crippen molar-refractivity contribution in [3.8, 4) is 0 Å². The van der Waals surface area contributed by atoms with E-state index >= 15 is 0 Å². The van der Waals surface area contributed by atoms with E-state index in [9.17, 15) is 4.79 Å². The van der Waals surface area contributed by atoms with Crippen LogP contribution in [0.2, 0.25) is 0 Å². The predicted octanol–water partition coefficient (Wildman–Crippen LogP) is 3.99. The number of nitrogens with zero attached hydrogens (tertiary/aromatic N) is 4. The van der Waals surface area contributed by atoms with E-state index in [1.807, 2.05) is 41.6 Å². The normalized spacial score (nSPS) is 20.9. The van der Waals surface area contributed by atoms with Crippen LogP contribution in [-0.4, -0.2) is 31.9 Å². The molecule has 1 aliphatic carbocycles. The van der Waals surface area contributed by atoms with Crippen molar-refractivity contribution in [3.05, 3.63) is 60.4 Å². The van der Waals surface area contributed by atoms with Gasteiger partial charge in [0.05, 0.1) is 12.5 Å². The van der Waals surface area contributed by atoms with Gasteiger partial charge in [0, 0.05) is 48.7 Å². The molecule has 5 heteroatoms. The number of carbonyl (C=O) groups excluding carboxylic acids is 1. The minimum atomic E-state index is 0.0466. The third-order valence-electron chi connectivity index (χ3n) is 6.21. The van der Waals surface area contributed by atoms with Gasteiger partial charge in [-0.2, -0.15) is 0 Å². The molecule has 2 aliphatic rings. The van der Waals surface area contributed by atoms with E-state index in [1.165, 1.54) is 12.8 Å². The van der Waals surface area contributed by atoms with Crippen molar-refractivity contribution in [1.29, 1.82) is 0 Å². The molecule has 1 saturated heterocycles. The average Bonchev–Trinajstić information content (AvgIpc) is 3.39. The third-order valence-corrected chi connectivity index (χ3v) is 6.21. The molecule has 0 N–H and O–H groups in total. The molecule has 0 spiro atoms. The van der Waals surface area contributed by atoms with Crippen LogP contribution in [0.25, 0.3) is 10.8 Å². The Hall–Kier alpha value is -2.69. The molecule has 0 radical (unpaired) electrons. The van der Waals surface area contributed by atoms with E-state index in [-0.39, 0.29) is 17.4 Å². The van der Waals surface area contributed by atoms with Gasteiger partial charge in [-0.25, -0.2) is 4.98 Å². The molecule has 5 nitrogen and oxygen atoms in total. The lowest BCUT2D eigenvalue weighted by atomic mass is 9.74. The Balaban J connectivity index is 1.41. The highest BCUT2D eigenvalue weighted by molar-refractivity contribution is 5.90. The predicted molar refractivity (Wildman–Crippen MR) is 109 cm³/mol. The fourth-order valence-electron chi connectivity index (χ4n) is 4.56. The van der Waals surface area contributed by atoms with Crippen LogP contribution in [0.4, 0.5) is 0 Å². The number of amides is 1. The minimum absolute atomic E-state index is 0.0466. The summed E-state index contributed by atoms with van der Waals surface area (Å²) in [5.74, 6) is 2.00. The molecule has 3 aromatic rings. The Morgan fingerprint density at radius 3 is 2.86 bits per heavy atom. The van der Waals surface area contributed by atoms with Crippen molar-refractivity contribution < 1.29 is 4.79 Å². The number of carbonyl (C=O) groups is 1. The second-order valence-corrected chi connectivity index (χ2v) is 8.98. The number of benzene rings is 1. The molecule has 1 unspecified atom stereocenters. The van der Waals surface area contributed by atoms with E-state index in [4.69, 9.17) is 0 Å². The fraction of sp³-hybridized carbons (Fsp3) is 0.435. The van der Waals surface area contributed by atoms with E-state index in [1.54, 1.807) is 6.20 Å². The van der Waals surface area contributed by atoms with Crippen LogP contribution in [0.15, 0.2) is 49.1 Å². The molecule has 2 aromatic heterocycles. The smallest absolute Gasteiger partial charge is 0.227 e. The Kier molecular flexibility index (Phi) is 4.00. The molecule has 1 saturated carbocycles. The van der Waals surface area contributed by atoms with Crippen molar-refractivity contribution in [2.75, 3.05) is 6.54 Å². The van der Waals surface area contributed by atoms with E-state index in [0.717, 1.165) is 41.2 Å². The number of hydrogen-bond donors (Lipinski definition) is 0. The van der Waals surface area contributed by atoms with Gasteiger partial charge in [-0.1, -0.05) is 32.0 Å². The van der Waals surface area contributed by atoms with Gasteiger partial charge in [-0.3, -0.25) is 9.78 Å². The van der Waals surface area contributed by atoms with Crippen LogP contribution < -0.4 is 0 Å². The van der Waals surface area contributed by atoms with Crippen LogP contribution in [0.5, 0.6) is 0 Å². The molecule has 1 aliphatic heterocycles. The van der Waals surface area contributed by atoms with Gasteiger partial charge in [0.1, 0.15) is 5.82 Å². The standard InChI is InChI=1S/C23H26N4O/c1-23(2)15-27(21(23)22-25-10-11-26(22)14-16-6-7-16)20(28)12-17-4-3-5-18-13-24-9-8-19(17)18/h3-5,8-11,13,16,21H,6-7,12,14-15H2,1-2H3. The molecular formula is C23H26N4O. The molecule has 2 fully saturated rings. The maximum atomic E-state index is 13.3. The van der Waals surface area contributed by atoms with Crippen LogP contribution in [-0.2, 0) is 17.8 Å². The summed E-state index contributed by atoms with van der Waals surface area (Å²) in [6.45, 7) is 6.28. The largest absolute Gasteiger partial charge is 0.333 e. The van der Waals surface area contributed by atoms with Crippen molar-refractivity contribution in [1.82, 2.24) is 19.4 Å². The van der Waals surface area contributed by atoms with Gasteiger partial charge in [-0.15, -0.1) is 0 Å². The zero-order valence-electron chi connectivity index (χ0n) is 16.5. The van der Waals surface area contributed by atoms with Gasteiger partial charge in [0.15, 0.2) is 0 Å². The summed E-state index contributed by atoms with van der Waals surface area (Å²) in [6.07, 6.45) is 10.6. The topological polar surface area (TPSA) is 51.0 Å². The van der Waals surface area contributed by atoms with Gasteiger partial charge < -0.3 is 9.47 Å². The molecule has 28 heavy (non-hydrogen) atoms. The number of aromatic nitrogens is 3. The highest BCUT2D eigenvalue weighted by atomic mass is 16.2. The third kappa shape index (κ3) is 2.99. The van der Waals surface area contributed by atoms with E-state index in [2.05, 4.69) is 34.6 Å². The van der Waals surface area contributed by atoms with Crippen molar-refractivity contribution in [2.45, 2.75) is 45.7 Å². The lowest BCUT2D eigenvalue weighted by Gasteiger charge is -2.53. The number of likely N-dealkylation sites (tertiary alicyclic amines) is 1. The first-order valence-corrected chi connectivity index (χ1v) is 10.1. The Bertz CT molecular complexity index is 1030. The van der Waals surface area contributed by atoms with Gasteiger partial charge in [0.25, 0.3) is 0 Å². The summed E-state index contributed by atoms with van der Waals surface area (Å²) in [7, 11) is 0. The average molecular weight is 374 g/mol. The van der Waals surface area contributed by atoms with Crippen LogP contribution in [0, 0.1) is 11.3 Å². The Morgan fingerprint density at radius 2 is 2.07 bits per heavy atom. The molecule has 0 bridgehead atoms. The fourth-order valence-corrected chi connectivity index (χ4v) is 4.56. The monoisotopic (exact) mass is 374 g/mol. The lowest BCUT2D eigenvalue weighted by Crippen LogP contribution is -2.59. The maximum Gasteiger partial charge on any atom is 0.227 e. The molecule has 5 rings (SSSR count). The summed E-state index contributed by atoms with van der Waals surface area (Å²) in [6, 6.07) is 8.14.